The largest absolute Gasteiger partial charge is 0.484 e. The molecule has 1 heterocycles. The van der Waals surface area contributed by atoms with E-state index in [0.29, 0.717) is 6.54 Å². The molecule has 0 aliphatic carbocycles. The highest BCUT2D eigenvalue weighted by atomic mass is 32.1. The predicted octanol–water partition coefficient (Wildman–Crippen LogP) is 2.32. The molecule has 0 radical (unpaired) electrons. The van der Waals surface area contributed by atoms with Gasteiger partial charge in [0.2, 0.25) is 0 Å². The summed E-state index contributed by atoms with van der Waals surface area (Å²) >= 11 is 1.48. The molecule has 2 aromatic rings. The summed E-state index contributed by atoms with van der Waals surface area (Å²) in [5.74, 6) is -0.124. The molecule has 3 nitrogen and oxygen atoms in total. The van der Waals surface area contributed by atoms with Crippen LogP contribution < -0.4 is 10.5 Å². The number of benzene rings is 1. The van der Waals surface area contributed by atoms with Gasteiger partial charge in [-0.1, -0.05) is 12.1 Å². The molecule has 0 fully saturated rings. The molecule has 2 rings (SSSR count). The molecule has 0 aliphatic rings. The maximum atomic E-state index is 13.2. The second-order valence-electron chi connectivity index (χ2n) is 3.16. The van der Waals surface area contributed by atoms with Crippen molar-refractivity contribution in [3.63, 3.8) is 0 Å². The van der Waals surface area contributed by atoms with E-state index < -0.39 is 0 Å². The summed E-state index contributed by atoms with van der Waals surface area (Å²) in [6.07, 6.45) is 0. The summed E-state index contributed by atoms with van der Waals surface area (Å²) in [4.78, 5) is 4.22. The van der Waals surface area contributed by atoms with Gasteiger partial charge >= 0.3 is 0 Å². The van der Waals surface area contributed by atoms with Crippen LogP contribution in [0.5, 0.6) is 5.75 Å². The van der Waals surface area contributed by atoms with E-state index in [1.807, 2.05) is 5.38 Å². The molecule has 0 atom stereocenters. The Kier molecular flexibility index (Phi) is 3.48. The number of aromatic nitrogens is 1. The fourth-order valence-corrected chi connectivity index (χ4v) is 1.88. The van der Waals surface area contributed by atoms with Crippen LogP contribution in [0.4, 0.5) is 4.39 Å². The molecular weight excluding hydrogens is 227 g/mol. The second-order valence-corrected chi connectivity index (χ2v) is 4.10. The summed E-state index contributed by atoms with van der Waals surface area (Å²) in [5, 5.41) is 2.72. The summed E-state index contributed by atoms with van der Waals surface area (Å²) in [6, 6.07) is 6.30. The van der Waals surface area contributed by atoms with Gasteiger partial charge in [-0.25, -0.2) is 9.37 Å². The monoisotopic (exact) mass is 238 g/mol. The van der Waals surface area contributed by atoms with Crippen molar-refractivity contribution >= 4 is 11.3 Å². The van der Waals surface area contributed by atoms with Crippen molar-refractivity contribution in [3.8, 4) is 5.75 Å². The number of hydrogen-bond acceptors (Lipinski definition) is 4. The van der Waals surface area contributed by atoms with Crippen molar-refractivity contribution in [1.82, 2.24) is 4.98 Å². The molecule has 1 aromatic carbocycles. The van der Waals surface area contributed by atoms with Gasteiger partial charge in [0.05, 0.1) is 5.69 Å². The molecule has 84 valence electrons. The summed E-state index contributed by atoms with van der Waals surface area (Å²) in [6.45, 7) is 0.682. The fraction of sp³-hybridized carbons (Fsp3) is 0.182. The normalized spacial score (nSPS) is 10.4. The zero-order valence-corrected chi connectivity index (χ0v) is 9.34. The second kappa shape index (κ2) is 5.05. The van der Waals surface area contributed by atoms with Crippen molar-refractivity contribution in [1.29, 1.82) is 0 Å². The van der Waals surface area contributed by atoms with Crippen LogP contribution in [0.25, 0.3) is 0 Å². The maximum Gasteiger partial charge on any atom is 0.165 e. The molecule has 0 amide bonds. The first-order valence-corrected chi connectivity index (χ1v) is 5.68. The lowest BCUT2D eigenvalue weighted by Gasteiger charge is -2.04. The summed E-state index contributed by atoms with van der Waals surface area (Å²) in [5.41, 5.74) is 6.21. The number of nitrogens with two attached hydrogens (primary N) is 1. The first-order valence-electron chi connectivity index (χ1n) is 4.80. The standard InChI is InChI=1S/C11H11FN2OS/c12-9-3-1-2-4-10(9)15-6-8-7-16-11(5-13)14-8/h1-4,7H,5-6,13H2. The molecule has 0 spiro atoms. The number of thiazole rings is 1. The minimum atomic E-state index is -0.364. The molecule has 2 N–H and O–H groups in total. The van der Waals surface area contributed by atoms with Gasteiger partial charge in [0, 0.05) is 11.9 Å². The van der Waals surface area contributed by atoms with Crippen LogP contribution in [0, 0.1) is 5.82 Å². The number of rotatable bonds is 4. The fourth-order valence-electron chi connectivity index (χ4n) is 1.22. The van der Waals surface area contributed by atoms with Crippen LogP contribution in [-0.2, 0) is 13.2 Å². The molecule has 0 bridgehead atoms. The van der Waals surface area contributed by atoms with E-state index in [0.717, 1.165) is 10.7 Å². The van der Waals surface area contributed by atoms with E-state index in [1.165, 1.54) is 17.4 Å². The van der Waals surface area contributed by atoms with Gasteiger partial charge in [0.25, 0.3) is 0 Å². The highest BCUT2D eigenvalue weighted by molar-refractivity contribution is 7.09. The van der Waals surface area contributed by atoms with Gasteiger partial charge in [-0.3, -0.25) is 0 Å². The molecular formula is C11H11FN2OS. The predicted molar refractivity (Wildman–Crippen MR) is 60.7 cm³/mol. The summed E-state index contributed by atoms with van der Waals surface area (Å²) in [7, 11) is 0. The van der Waals surface area contributed by atoms with Gasteiger partial charge in [0.1, 0.15) is 11.6 Å². The Bertz CT molecular complexity index is 473. The van der Waals surface area contributed by atoms with Gasteiger partial charge in [-0.05, 0) is 12.1 Å². The minimum absolute atomic E-state index is 0.241. The van der Waals surface area contributed by atoms with Crippen LogP contribution >= 0.6 is 11.3 Å². The van der Waals surface area contributed by atoms with E-state index in [2.05, 4.69) is 4.98 Å². The molecule has 16 heavy (non-hydrogen) atoms. The number of halogens is 1. The quantitative estimate of drug-likeness (QED) is 0.889. The van der Waals surface area contributed by atoms with Crippen LogP contribution in [-0.4, -0.2) is 4.98 Å². The Morgan fingerprint density at radius 2 is 2.19 bits per heavy atom. The Morgan fingerprint density at radius 1 is 1.38 bits per heavy atom. The van der Waals surface area contributed by atoms with Crippen LogP contribution in [0.15, 0.2) is 29.6 Å². The average Bonchev–Trinajstić information content (AvgIpc) is 2.76. The van der Waals surface area contributed by atoms with Crippen molar-refractivity contribution in [3.05, 3.63) is 46.2 Å². The van der Waals surface area contributed by atoms with Gasteiger partial charge in [-0.2, -0.15) is 0 Å². The molecule has 0 saturated carbocycles. The van der Waals surface area contributed by atoms with E-state index in [4.69, 9.17) is 10.5 Å². The third kappa shape index (κ3) is 2.56. The third-order valence-corrected chi connectivity index (χ3v) is 2.91. The minimum Gasteiger partial charge on any atom is -0.484 e. The molecule has 0 unspecified atom stereocenters. The number of para-hydroxylation sites is 1. The van der Waals surface area contributed by atoms with Crippen molar-refractivity contribution < 1.29 is 9.13 Å². The molecule has 0 saturated heterocycles. The highest BCUT2D eigenvalue weighted by Gasteiger charge is 2.04. The smallest absolute Gasteiger partial charge is 0.165 e. The van der Waals surface area contributed by atoms with Gasteiger partial charge in [-0.15, -0.1) is 11.3 Å². The Morgan fingerprint density at radius 3 is 2.88 bits per heavy atom. The maximum absolute atomic E-state index is 13.2. The molecule has 1 aromatic heterocycles. The first-order chi connectivity index (χ1) is 7.79. The number of hydrogen-bond donors (Lipinski definition) is 1. The lowest BCUT2D eigenvalue weighted by Crippen LogP contribution is -1.99. The lowest BCUT2D eigenvalue weighted by molar-refractivity contribution is 0.286. The van der Waals surface area contributed by atoms with Gasteiger partial charge < -0.3 is 10.5 Å². The van der Waals surface area contributed by atoms with E-state index in [9.17, 15) is 4.39 Å². The van der Waals surface area contributed by atoms with E-state index in [-0.39, 0.29) is 18.2 Å². The third-order valence-electron chi connectivity index (χ3n) is 1.99. The van der Waals surface area contributed by atoms with Crippen LogP contribution in [0.1, 0.15) is 10.7 Å². The zero-order valence-electron chi connectivity index (χ0n) is 8.52. The van der Waals surface area contributed by atoms with Crippen LogP contribution in [0.3, 0.4) is 0 Å². The number of ether oxygens (including phenoxy) is 1. The summed E-state index contributed by atoms with van der Waals surface area (Å²) < 4.78 is 18.5. The zero-order chi connectivity index (χ0) is 11.4. The van der Waals surface area contributed by atoms with E-state index in [1.54, 1.807) is 18.2 Å². The lowest BCUT2D eigenvalue weighted by atomic mass is 10.3. The SMILES string of the molecule is NCc1nc(COc2ccccc2F)cs1. The Hall–Kier alpha value is -1.46. The van der Waals surface area contributed by atoms with Gasteiger partial charge in [0.15, 0.2) is 11.6 Å². The van der Waals surface area contributed by atoms with Crippen molar-refractivity contribution in [2.45, 2.75) is 13.2 Å². The highest BCUT2D eigenvalue weighted by Crippen LogP contribution is 2.17. The number of nitrogens with zero attached hydrogens (tertiary/aromatic N) is 1. The first kappa shape index (κ1) is 11.0. The Labute approximate surface area is 96.7 Å². The van der Waals surface area contributed by atoms with E-state index >= 15 is 0 Å². The molecule has 5 heteroatoms. The molecule has 0 aliphatic heterocycles. The average molecular weight is 238 g/mol. The van der Waals surface area contributed by atoms with Crippen molar-refractivity contribution in [2.75, 3.05) is 0 Å². The van der Waals surface area contributed by atoms with Crippen LogP contribution in [0.2, 0.25) is 0 Å². The van der Waals surface area contributed by atoms with Crippen molar-refractivity contribution in [2.24, 2.45) is 5.73 Å². The Balaban J connectivity index is 1.99. The topological polar surface area (TPSA) is 48.1 Å².